The van der Waals surface area contributed by atoms with E-state index in [1.165, 1.54) is 12.0 Å². The van der Waals surface area contributed by atoms with E-state index in [1.54, 1.807) is 0 Å². The smallest absolute Gasteiger partial charge is 0.224 e. The predicted molar refractivity (Wildman–Crippen MR) is 100 cm³/mol. The second kappa shape index (κ2) is 7.96. The van der Waals surface area contributed by atoms with Crippen LogP contribution in [0.4, 0.5) is 17.5 Å². The van der Waals surface area contributed by atoms with Crippen molar-refractivity contribution in [3.63, 3.8) is 0 Å². The average Bonchev–Trinajstić information content (AvgIpc) is 2.52. The van der Waals surface area contributed by atoms with Crippen molar-refractivity contribution in [3.8, 4) is 0 Å². The summed E-state index contributed by atoms with van der Waals surface area (Å²) in [7, 11) is 0. The van der Waals surface area contributed by atoms with Crippen LogP contribution in [0, 0.1) is 19.8 Å². The number of carbonyl (C=O) groups excluding carboxylic acids is 1. The van der Waals surface area contributed by atoms with Crippen LogP contribution in [0.3, 0.4) is 0 Å². The summed E-state index contributed by atoms with van der Waals surface area (Å²) in [4.78, 5) is 20.7. The molecule has 1 fully saturated rings. The first-order chi connectivity index (χ1) is 12.1. The standard InChI is InChI=1S/C19H25N5O/c1-13-6-8-16(9-7-13)23-17-12-14(2)22-19(24-17)21-11-10-20-18(25)15-4-3-5-15/h6-9,12,15H,3-5,10-11H2,1-2H3,(H,20,25)(H2,21,22,23,24). The molecule has 0 unspecified atom stereocenters. The first-order valence-electron chi connectivity index (χ1n) is 8.81. The number of nitrogens with zero attached hydrogens (tertiary/aromatic N) is 2. The number of benzene rings is 1. The van der Waals surface area contributed by atoms with E-state index in [0.717, 1.165) is 30.0 Å². The van der Waals surface area contributed by atoms with E-state index in [-0.39, 0.29) is 11.8 Å². The normalized spacial score (nSPS) is 13.8. The molecule has 6 heteroatoms. The van der Waals surface area contributed by atoms with Crippen molar-refractivity contribution in [1.29, 1.82) is 0 Å². The molecular weight excluding hydrogens is 314 g/mol. The number of hydrogen-bond acceptors (Lipinski definition) is 5. The second-order valence-corrected chi connectivity index (χ2v) is 6.55. The maximum Gasteiger partial charge on any atom is 0.224 e. The Morgan fingerprint density at radius 3 is 2.56 bits per heavy atom. The summed E-state index contributed by atoms with van der Waals surface area (Å²) < 4.78 is 0. The van der Waals surface area contributed by atoms with Crippen LogP contribution in [-0.2, 0) is 4.79 Å². The molecule has 0 bridgehead atoms. The molecule has 6 nitrogen and oxygen atoms in total. The first-order valence-corrected chi connectivity index (χ1v) is 8.81. The van der Waals surface area contributed by atoms with Gasteiger partial charge in [0.15, 0.2) is 0 Å². The third-order valence-corrected chi connectivity index (χ3v) is 4.36. The van der Waals surface area contributed by atoms with E-state index >= 15 is 0 Å². The fourth-order valence-corrected chi connectivity index (χ4v) is 2.67. The van der Waals surface area contributed by atoms with Crippen LogP contribution in [0.5, 0.6) is 0 Å². The third kappa shape index (κ3) is 4.92. The molecule has 3 rings (SSSR count). The van der Waals surface area contributed by atoms with Crippen LogP contribution in [0.15, 0.2) is 30.3 Å². The number of anilines is 3. The van der Waals surface area contributed by atoms with Gasteiger partial charge in [-0.1, -0.05) is 24.1 Å². The highest BCUT2D eigenvalue weighted by atomic mass is 16.1. The Morgan fingerprint density at radius 1 is 1.12 bits per heavy atom. The van der Waals surface area contributed by atoms with Gasteiger partial charge in [0.1, 0.15) is 5.82 Å². The van der Waals surface area contributed by atoms with Gasteiger partial charge in [-0.05, 0) is 38.8 Å². The van der Waals surface area contributed by atoms with Crippen LogP contribution in [0.25, 0.3) is 0 Å². The van der Waals surface area contributed by atoms with Gasteiger partial charge in [-0.25, -0.2) is 4.98 Å². The Labute approximate surface area is 148 Å². The number of amides is 1. The molecule has 25 heavy (non-hydrogen) atoms. The molecule has 132 valence electrons. The number of rotatable bonds is 7. The average molecular weight is 339 g/mol. The van der Waals surface area contributed by atoms with Crippen molar-refractivity contribution >= 4 is 23.4 Å². The summed E-state index contributed by atoms with van der Waals surface area (Å²) >= 11 is 0. The van der Waals surface area contributed by atoms with Crippen molar-refractivity contribution in [3.05, 3.63) is 41.6 Å². The van der Waals surface area contributed by atoms with Gasteiger partial charge < -0.3 is 16.0 Å². The summed E-state index contributed by atoms with van der Waals surface area (Å²) in [6, 6.07) is 10.1. The molecule has 1 aromatic heterocycles. The van der Waals surface area contributed by atoms with Gasteiger partial charge >= 0.3 is 0 Å². The van der Waals surface area contributed by atoms with E-state index < -0.39 is 0 Å². The minimum absolute atomic E-state index is 0.167. The molecule has 0 radical (unpaired) electrons. The number of hydrogen-bond donors (Lipinski definition) is 3. The molecule has 1 aliphatic rings. The van der Waals surface area contributed by atoms with Gasteiger partial charge in [-0.3, -0.25) is 4.79 Å². The van der Waals surface area contributed by atoms with Crippen LogP contribution in [-0.4, -0.2) is 29.0 Å². The topological polar surface area (TPSA) is 78.9 Å². The predicted octanol–water partition coefficient (Wildman–Crippen LogP) is 3.17. The summed E-state index contributed by atoms with van der Waals surface area (Å²) in [5, 5.41) is 9.42. The van der Waals surface area contributed by atoms with Crippen molar-refractivity contribution in [2.75, 3.05) is 23.7 Å². The van der Waals surface area contributed by atoms with Gasteiger partial charge in [-0.2, -0.15) is 4.98 Å². The zero-order chi connectivity index (χ0) is 17.6. The second-order valence-electron chi connectivity index (χ2n) is 6.55. The van der Waals surface area contributed by atoms with Crippen molar-refractivity contribution in [1.82, 2.24) is 15.3 Å². The molecule has 1 aromatic carbocycles. The number of aromatic nitrogens is 2. The Hall–Kier alpha value is -2.63. The molecule has 1 heterocycles. The lowest BCUT2D eigenvalue weighted by molar-refractivity contribution is -0.127. The number of nitrogens with one attached hydrogen (secondary N) is 3. The minimum atomic E-state index is 0.167. The number of carbonyl (C=O) groups is 1. The van der Waals surface area contributed by atoms with Crippen LogP contribution >= 0.6 is 0 Å². The largest absolute Gasteiger partial charge is 0.354 e. The SMILES string of the molecule is Cc1ccc(Nc2cc(C)nc(NCCNC(=O)C3CCC3)n2)cc1. The molecule has 0 spiro atoms. The van der Waals surface area contributed by atoms with Gasteiger partial charge in [0.05, 0.1) is 0 Å². The Kier molecular flexibility index (Phi) is 5.48. The molecule has 1 aliphatic carbocycles. The minimum Gasteiger partial charge on any atom is -0.354 e. The lowest BCUT2D eigenvalue weighted by Gasteiger charge is -2.24. The zero-order valence-electron chi connectivity index (χ0n) is 14.8. The molecular formula is C19H25N5O. The molecule has 2 aromatic rings. The zero-order valence-corrected chi connectivity index (χ0v) is 14.8. The van der Waals surface area contributed by atoms with E-state index in [1.807, 2.05) is 25.1 Å². The maximum absolute atomic E-state index is 11.8. The number of aryl methyl sites for hydroxylation is 2. The van der Waals surface area contributed by atoms with Crippen molar-refractivity contribution in [2.45, 2.75) is 33.1 Å². The molecule has 0 aliphatic heterocycles. The fourth-order valence-electron chi connectivity index (χ4n) is 2.67. The fraction of sp³-hybridized carbons (Fsp3) is 0.421. The van der Waals surface area contributed by atoms with E-state index in [9.17, 15) is 4.79 Å². The van der Waals surface area contributed by atoms with Crippen molar-refractivity contribution in [2.24, 2.45) is 5.92 Å². The van der Waals surface area contributed by atoms with E-state index in [0.29, 0.717) is 19.0 Å². The lowest BCUT2D eigenvalue weighted by Crippen LogP contribution is -2.37. The summed E-state index contributed by atoms with van der Waals surface area (Å²) in [6.45, 7) is 5.18. The molecule has 1 saturated carbocycles. The Balaban J connectivity index is 1.52. The lowest BCUT2D eigenvalue weighted by atomic mass is 9.85. The van der Waals surface area contributed by atoms with E-state index in [2.05, 4.69) is 45.0 Å². The summed E-state index contributed by atoms with van der Waals surface area (Å²) in [5.41, 5.74) is 3.09. The highest BCUT2D eigenvalue weighted by Gasteiger charge is 2.24. The quantitative estimate of drug-likeness (QED) is 0.675. The molecule has 1 amide bonds. The molecule has 0 atom stereocenters. The Morgan fingerprint density at radius 2 is 1.88 bits per heavy atom. The van der Waals surface area contributed by atoms with Gasteiger partial charge in [-0.15, -0.1) is 0 Å². The van der Waals surface area contributed by atoms with Gasteiger partial charge in [0, 0.05) is 36.5 Å². The molecule has 3 N–H and O–H groups in total. The van der Waals surface area contributed by atoms with Crippen LogP contribution in [0.2, 0.25) is 0 Å². The first kappa shape index (κ1) is 17.2. The van der Waals surface area contributed by atoms with Crippen LogP contribution < -0.4 is 16.0 Å². The highest BCUT2D eigenvalue weighted by molar-refractivity contribution is 5.79. The monoisotopic (exact) mass is 339 g/mol. The maximum atomic E-state index is 11.8. The summed E-state index contributed by atoms with van der Waals surface area (Å²) in [5.74, 6) is 1.70. The van der Waals surface area contributed by atoms with Gasteiger partial charge in [0.25, 0.3) is 0 Å². The molecule has 0 saturated heterocycles. The third-order valence-electron chi connectivity index (χ3n) is 4.36. The van der Waals surface area contributed by atoms with Crippen molar-refractivity contribution < 1.29 is 4.79 Å². The van der Waals surface area contributed by atoms with Gasteiger partial charge in [0.2, 0.25) is 11.9 Å². The Bertz CT molecular complexity index is 725. The summed E-state index contributed by atoms with van der Waals surface area (Å²) in [6.07, 6.45) is 3.22. The highest BCUT2D eigenvalue weighted by Crippen LogP contribution is 2.26. The van der Waals surface area contributed by atoms with Crippen LogP contribution in [0.1, 0.15) is 30.5 Å². The van der Waals surface area contributed by atoms with E-state index in [4.69, 9.17) is 0 Å².